The highest BCUT2D eigenvalue weighted by Gasteiger charge is 2.35. The fourth-order valence-corrected chi connectivity index (χ4v) is 3.37. The van der Waals surface area contributed by atoms with Crippen LogP contribution in [0.5, 0.6) is 0 Å². The monoisotopic (exact) mass is 297 g/mol. The fraction of sp³-hybridized carbons (Fsp3) is 1.00. The summed E-state index contributed by atoms with van der Waals surface area (Å²) < 4.78 is 0. The van der Waals surface area contributed by atoms with Crippen molar-refractivity contribution in [1.82, 2.24) is 4.90 Å². The van der Waals surface area contributed by atoms with Crippen LogP contribution in [-0.2, 0) is 0 Å². The molecule has 0 aliphatic heterocycles. The second-order valence-corrected chi connectivity index (χ2v) is 8.48. The first kappa shape index (κ1) is 19.0. The van der Waals surface area contributed by atoms with Crippen LogP contribution in [0.4, 0.5) is 0 Å². The number of hydrogen-bond donors (Lipinski definition) is 1. The number of aliphatic hydroxyl groups excluding tert-OH is 1. The quantitative estimate of drug-likeness (QED) is 0.674. The molecule has 0 aromatic heterocycles. The third kappa shape index (κ3) is 7.15. The van der Waals surface area contributed by atoms with Crippen LogP contribution in [0.25, 0.3) is 0 Å². The molecule has 0 spiro atoms. The number of hydrogen-bond acceptors (Lipinski definition) is 2. The van der Waals surface area contributed by atoms with Crippen LogP contribution in [0, 0.1) is 23.2 Å². The van der Waals surface area contributed by atoms with Crippen molar-refractivity contribution < 1.29 is 5.11 Å². The SMILES string of the molecule is CC(C)CCN(CCC(C)C)CC1(CO)CCC(C)CC1. The van der Waals surface area contributed by atoms with E-state index in [2.05, 4.69) is 39.5 Å². The molecule has 0 amide bonds. The van der Waals surface area contributed by atoms with E-state index in [4.69, 9.17) is 0 Å². The first-order valence-electron chi connectivity index (χ1n) is 9.20. The number of nitrogens with zero attached hydrogens (tertiary/aromatic N) is 1. The van der Waals surface area contributed by atoms with Crippen molar-refractivity contribution in [2.75, 3.05) is 26.2 Å². The highest BCUT2D eigenvalue weighted by atomic mass is 16.3. The highest BCUT2D eigenvalue weighted by Crippen LogP contribution is 2.39. The molecule has 0 aromatic carbocycles. The lowest BCUT2D eigenvalue weighted by atomic mass is 9.71. The Morgan fingerprint density at radius 2 is 1.48 bits per heavy atom. The van der Waals surface area contributed by atoms with Gasteiger partial charge in [-0.2, -0.15) is 0 Å². The van der Waals surface area contributed by atoms with Gasteiger partial charge in [0.1, 0.15) is 0 Å². The zero-order valence-electron chi connectivity index (χ0n) is 15.2. The van der Waals surface area contributed by atoms with E-state index in [1.165, 1.54) is 51.6 Å². The normalized spacial score (nSPS) is 27.0. The van der Waals surface area contributed by atoms with Gasteiger partial charge in [0.05, 0.1) is 0 Å². The summed E-state index contributed by atoms with van der Waals surface area (Å²) in [5, 5.41) is 10.0. The maximum Gasteiger partial charge on any atom is 0.0499 e. The van der Waals surface area contributed by atoms with Crippen molar-refractivity contribution >= 4 is 0 Å². The van der Waals surface area contributed by atoms with Crippen LogP contribution in [-0.4, -0.2) is 36.2 Å². The maximum atomic E-state index is 10.0. The second-order valence-electron chi connectivity index (χ2n) is 8.48. The first-order valence-corrected chi connectivity index (χ1v) is 9.20. The van der Waals surface area contributed by atoms with E-state index in [1.54, 1.807) is 0 Å². The Hall–Kier alpha value is -0.0800. The Morgan fingerprint density at radius 1 is 1.00 bits per heavy atom. The summed E-state index contributed by atoms with van der Waals surface area (Å²) in [6, 6.07) is 0. The van der Waals surface area contributed by atoms with E-state index in [-0.39, 0.29) is 5.41 Å². The average Bonchev–Trinajstić information content (AvgIpc) is 2.44. The molecule has 1 fully saturated rings. The number of aliphatic hydroxyl groups is 1. The van der Waals surface area contributed by atoms with E-state index in [1.807, 2.05) is 0 Å². The van der Waals surface area contributed by atoms with Crippen molar-refractivity contribution in [3.05, 3.63) is 0 Å². The highest BCUT2D eigenvalue weighted by molar-refractivity contribution is 4.87. The van der Waals surface area contributed by atoms with Crippen LogP contribution in [0.2, 0.25) is 0 Å². The van der Waals surface area contributed by atoms with Crippen molar-refractivity contribution in [2.45, 2.75) is 73.1 Å². The average molecular weight is 298 g/mol. The van der Waals surface area contributed by atoms with Gasteiger partial charge in [-0.15, -0.1) is 0 Å². The van der Waals surface area contributed by atoms with E-state index < -0.39 is 0 Å². The largest absolute Gasteiger partial charge is 0.396 e. The van der Waals surface area contributed by atoms with Gasteiger partial charge in [-0.05, 0) is 56.5 Å². The lowest BCUT2D eigenvalue weighted by molar-refractivity contribution is 0.0268. The smallest absolute Gasteiger partial charge is 0.0499 e. The molecule has 0 saturated heterocycles. The molecule has 21 heavy (non-hydrogen) atoms. The summed E-state index contributed by atoms with van der Waals surface area (Å²) in [4.78, 5) is 2.65. The van der Waals surface area contributed by atoms with Crippen molar-refractivity contribution in [1.29, 1.82) is 0 Å². The van der Waals surface area contributed by atoms with Crippen molar-refractivity contribution in [2.24, 2.45) is 23.2 Å². The molecule has 0 heterocycles. The molecule has 0 bridgehead atoms. The lowest BCUT2D eigenvalue weighted by Gasteiger charge is -2.42. The Morgan fingerprint density at radius 3 is 1.86 bits per heavy atom. The Bertz CT molecular complexity index is 255. The molecule has 2 nitrogen and oxygen atoms in total. The Balaban J connectivity index is 2.58. The summed E-state index contributed by atoms with van der Waals surface area (Å²) >= 11 is 0. The van der Waals surface area contributed by atoms with Gasteiger partial charge in [-0.25, -0.2) is 0 Å². The zero-order chi connectivity index (χ0) is 15.9. The Kier molecular flexibility index (Phi) is 8.26. The van der Waals surface area contributed by atoms with Crippen molar-refractivity contribution in [3.63, 3.8) is 0 Å². The minimum absolute atomic E-state index is 0.181. The topological polar surface area (TPSA) is 23.5 Å². The van der Waals surface area contributed by atoms with E-state index in [9.17, 15) is 5.11 Å². The first-order chi connectivity index (χ1) is 9.87. The molecule has 126 valence electrons. The lowest BCUT2D eigenvalue weighted by Crippen LogP contribution is -2.43. The van der Waals surface area contributed by atoms with Gasteiger partial charge < -0.3 is 10.0 Å². The molecular formula is C19H39NO. The van der Waals surface area contributed by atoms with Crippen molar-refractivity contribution in [3.8, 4) is 0 Å². The molecule has 2 heteroatoms. The molecule has 1 rings (SSSR count). The summed E-state index contributed by atoms with van der Waals surface area (Å²) in [7, 11) is 0. The zero-order valence-corrected chi connectivity index (χ0v) is 15.2. The number of rotatable bonds is 9. The molecule has 0 unspecified atom stereocenters. The van der Waals surface area contributed by atoms with Crippen LogP contribution < -0.4 is 0 Å². The summed E-state index contributed by atoms with van der Waals surface area (Å²) in [5.41, 5.74) is 0.181. The van der Waals surface area contributed by atoms with Crippen LogP contribution in [0.3, 0.4) is 0 Å². The van der Waals surface area contributed by atoms with E-state index >= 15 is 0 Å². The minimum atomic E-state index is 0.181. The van der Waals surface area contributed by atoms with Crippen LogP contribution >= 0.6 is 0 Å². The van der Waals surface area contributed by atoms with Gasteiger partial charge in [0, 0.05) is 18.6 Å². The summed E-state index contributed by atoms with van der Waals surface area (Å²) in [6.45, 7) is 15.5. The molecule has 1 saturated carbocycles. The third-order valence-corrected chi connectivity index (χ3v) is 5.27. The molecule has 1 aliphatic rings. The molecule has 0 aromatic rings. The van der Waals surface area contributed by atoms with Gasteiger partial charge in [-0.1, -0.05) is 47.5 Å². The predicted octanol–water partition coefficient (Wildman–Crippen LogP) is 4.57. The molecular weight excluding hydrogens is 258 g/mol. The predicted molar refractivity (Wildman–Crippen MR) is 92.5 cm³/mol. The van der Waals surface area contributed by atoms with Crippen LogP contribution in [0.15, 0.2) is 0 Å². The van der Waals surface area contributed by atoms with Gasteiger partial charge in [-0.3, -0.25) is 0 Å². The molecule has 0 radical (unpaired) electrons. The minimum Gasteiger partial charge on any atom is -0.396 e. The molecule has 1 aliphatic carbocycles. The van der Waals surface area contributed by atoms with Crippen LogP contribution in [0.1, 0.15) is 73.1 Å². The van der Waals surface area contributed by atoms with Gasteiger partial charge >= 0.3 is 0 Å². The van der Waals surface area contributed by atoms with Gasteiger partial charge in [0.2, 0.25) is 0 Å². The molecule has 0 atom stereocenters. The standard InChI is InChI=1S/C19H39NO/c1-16(2)8-12-20(13-9-17(3)4)14-19(15-21)10-6-18(5)7-11-19/h16-18,21H,6-15H2,1-5H3. The van der Waals surface area contributed by atoms with E-state index in [0.29, 0.717) is 6.61 Å². The van der Waals surface area contributed by atoms with E-state index in [0.717, 1.165) is 24.3 Å². The maximum absolute atomic E-state index is 10.0. The second kappa shape index (κ2) is 9.15. The Labute approximate surface area is 133 Å². The third-order valence-electron chi connectivity index (χ3n) is 5.27. The molecule has 1 N–H and O–H groups in total. The summed E-state index contributed by atoms with van der Waals surface area (Å²) in [5.74, 6) is 2.38. The fourth-order valence-electron chi connectivity index (χ4n) is 3.37. The van der Waals surface area contributed by atoms with Gasteiger partial charge in [0.25, 0.3) is 0 Å². The van der Waals surface area contributed by atoms with Gasteiger partial charge in [0.15, 0.2) is 0 Å². The summed E-state index contributed by atoms with van der Waals surface area (Å²) in [6.07, 6.45) is 7.56.